The molecule has 1 fully saturated rings. The largest absolute Gasteiger partial charge is 0.481 e. The third-order valence-corrected chi connectivity index (χ3v) is 8.13. The zero-order chi connectivity index (χ0) is 26.4. The maximum Gasteiger partial charge on any atom is 0.309 e. The summed E-state index contributed by atoms with van der Waals surface area (Å²) in [6, 6.07) is 0. The Morgan fingerprint density at radius 2 is 1.03 bits per heavy atom. The number of carbonyl (C=O) groups excluding carboxylic acids is 1. The van der Waals surface area contributed by atoms with E-state index in [9.17, 15) is 14.7 Å². The minimum Gasteiger partial charge on any atom is -0.481 e. The predicted molar refractivity (Wildman–Crippen MR) is 151 cm³/mol. The van der Waals surface area contributed by atoms with Gasteiger partial charge in [0, 0.05) is 0 Å². The van der Waals surface area contributed by atoms with Crippen LogP contribution in [0.1, 0.15) is 168 Å². The van der Waals surface area contributed by atoms with Crippen molar-refractivity contribution in [2.45, 2.75) is 175 Å². The van der Waals surface area contributed by atoms with Crippen LogP contribution >= 0.6 is 0 Å². The first-order valence-electron chi connectivity index (χ1n) is 15.9. The first kappa shape index (κ1) is 33.0. The van der Waals surface area contributed by atoms with Gasteiger partial charge in [-0.1, -0.05) is 117 Å². The molecular formula is C32H60O4. The van der Waals surface area contributed by atoms with Crippen LogP contribution in [0.5, 0.6) is 0 Å². The summed E-state index contributed by atoms with van der Waals surface area (Å²) in [5, 5.41) is 9.23. The van der Waals surface area contributed by atoms with Crippen LogP contribution in [0.15, 0.2) is 0 Å². The van der Waals surface area contributed by atoms with Gasteiger partial charge in [-0.25, -0.2) is 0 Å². The molecule has 1 aliphatic rings. The highest BCUT2D eigenvalue weighted by atomic mass is 16.5. The average molecular weight is 509 g/mol. The van der Waals surface area contributed by atoms with Crippen molar-refractivity contribution >= 4 is 11.9 Å². The molecule has 212 valence electrons. The second-order valence-corrected chi connectivity index (χ2v) is 12.0. The second-order valence-electron chi connectivity index (χ2n) is 12.0. The molecule has 1 unspecified atom stereocenters. The van der Waals surface area contributed by atoms with E-state index in [1.807, 2.05) is 0 Å². The Morgan fingerprint density at radius 1 is 0.639 bits per heavy atom. The van der Waals surface area contributed by atoms with Gasteiger partial charge in [0.1, 0.15) is 6.10 Å². The van der Waals surface area contributed by atoms with E-state index in [1.165, 1.54) is 96.3 Å². The Balaban J connectivity index is 2.28. The Labute approximate surface area is 223 Å². The van der Waals surface area contributed by atoms with Gasteiger partial charge in [-0.3, -0.25) is 9.59 Å². The van der Waals surface area contributed by atoms with Crippen molar-refractivity contribution < 1.29 is 19.4 Å². The standard InChI is InChI=1S/C32H60O4/c1-4-5-6-7-8-9-10-11-12-15-18-21-30(22-19-16-13-14-17-20-27(2)3)36-32(35)29-25-23-28(24-26-29)31(33)34/h27-30H,4-26H2,1-3H3,(H,33,34). The summed E-state index contributed by atoms with van der Waals surface area (Å²) in [5.74, 6) is -0.369. The van der Waals surface area contributed by atoms with E-state index >= 15 is 0 Å². The molecule has 0 bridgehead atoms. The predicted octanol–water partition coefficient (Wildman–Crippen LogP) is 9.88. The Morgan fingerprint density at radius 3 is 1.44 bits per heavy atom. The van der Waals surface area contributed by atoms with E-state index in [1.54, 1.807) is 0 Å². The van der Waals surface area contributed by atoms with Gasteiger partial charge < -0.3 is 9.84 Å². The van der Waals surface area contributed by atoms with Crippen LogP contribution in [0.4, 0.5) is 0 Å². The normalized spacial score (nSPS) is 18.9. The van der Waals surface area contributed by atoms with E-state index in [0.717, 1.165) is 31.6 Å². The highest BCUT2D eigenvalue weighted by Crippen LogP contribution is 2.30. The Kier molecular flexibility index (Phi) is 20.1. The molecule has 1 saturated carbocycles. The highest BCUT2D eigenvalue weighted by Gasteiger charge is 2.31. The van der Waals surface area contributed by atoms with Crippen molar-refractivity contribution in [3.05, 3.63) is 0 Å². The minimum atomic E-state index is -0.718. The second kappa shape index (κ2) is 22.0. The smallest absolute Gasteiger partial charge is 0.309 e. The fraction of sp³-hybridized carbons (Fsp3) is 0.938. The van der Waals surface area contributed by atoms with E-state index in [4.69, 9.17) is 4.74 Å². The van der Waals surface area contributed by atoms with Crippen LogP contribution in [-0.4, -0.2) is 23.1 Å². The molecule has 0 heterocycles. The molecular weight excluding hydrogens is 448 g/mol. The van der Waals surface area contributed by atoms with Crippen LogP contribution < -0.4 is 0 Å². The molecule has 0 spiro atoms. The zero-order valence-corrected chi connectivity index (χ0v) is 24.2. The van der Waals surface area contributed by atoms with Crippen molar-refractivity contribution in [1.82, 2.24) is 0 Å². The summed E-state index contributed by atoms with van der Waals surface area (Å²) < 4.78 is 6.05. The number of hydrogen-bond donors (Lipinski definition) is 1. The summed E-state index contributed by atoms with van der Waals surface area (Å²) in [4.78, 5) is 24.1. The van der Waals surface area contributed by atoms with Crippen molar-refractivity contribution in [2.75, 3.05) is 0 Å². The molecule has 1 aliphatic carbocycles. The van der Waals surface area contributed by atoms with Crippen molar-refractivity contribution in [3.8, 4) is 0 Å². The fourth-order valence-electron chi connectivity index (χ4n) is 5.59. The molecule has 4 nitrogen and oxygen atoms in total. The van der Waals surface area contributed by atoms with E-state index < -0.39 is 5.97 Å². The van der Waals surface area contributed by atoms with Gasteiger partial charge in [-0.15, -0.1) is 0 Å². The summed E-state index contributed by atoms with van der Waals surface area (Å²) in [6.45, 7) is 6.86. The summed E-state index contributed by atoms with van der Waals surface area (Å²) in [6.07, 6.45) is 26.8. The number of esters is 1. The van der Waals surface area contributed by atoms with Gasteiger partial charge in [0.15, 0.2) is 0 Å². The maximum absolute atomic E-state index is 12.9. The van der Waals surface area contributed by atoms with Gasteiger partial charge in [0.05, 0.1) is 11.8 Å². The van der Waals surface area contributed by atoms with Crippen LogP contribution in [0.25, 0.3) is 0 Å². The molecule has 1 rings (SSSR count). The summed E-state index contributed by atoms with van der Waals surface area (Å²) in [5.41, 5.74) is 0. The third kappa shape index (κ3) is 17.4. The van der Waals surface area contributed by atoms with Gasteiger partial charge in [0.2, 0.25) is 0 Å². The van der Waals surface area contributed by atoms with Gasteiger partial charge in [-0.05, 0) is 57.3 Å². The molecule has 1 N–H and O–H groups in total. The number of unbranched alkanes of at least 4 members (excludes halogenated alkanes) is 14. The number of rotatable bonds is 23. The number of ether oxygens (including phenoxy) is 1. The molecule has 0 amide bonds. The summed E-state index contributed by atoms with van der Waals surface area (Å²) >= 11 is 0. The molecule has 0 saturated heterocycles. The van der Waals surface area contributed by atoms with Crippen LogP contribution in [-0.2, 0) is 14.3 Å². The lowest BCUT2D eigenvalue weighted by atomic mass is 9.82. The van der Waals surface area contributed by atoms with Crippen molar-refractivity contribution in [3.63, 3.8) is 0 Å². The highest BCUT2D eigenvalue weighted by molar-refractivity contribution is 5.74. The van der Waals surface area contributed by atoms with Crippen molar-refractivity contribution in [2.24, 2.45) is 17.8 Å². The van der Waals surface area contributed by atoms with Gasteiger partial charge in [-0.2, -0.15) is 0 Å². The number of carbonyl (C=O) groups is 2. The molecule has 0 aromatic heterocycles. The first-order valence-corrected chi connectivity index (χ1v) is 15.9. The van der Waals surface area contributed by atoms with Gasteiger partial charge in [0.25, 0.3) is 0 Å². The lowest BCUT2D eigenvalue weighted by Crippen LogP contribution is -2.29. The van der Waals surface area contributed by atoms with E-state index in [0.29, 0.717) is 25.7 Å². The van der Waals surface area contributed by atoms with E-state index in [-0.39, 0.29) is 23.9 Å². The maximum atomic E-state index is 12.9. The Bertz CT molecular complexity index is 536. The fourth-order valence-corrected chi connectivity index (χ4v) is 5.59. The molecule has 1 atom stereocenters. The first-order chi connectivity index (χ1) is 17.4. The molecule has 0 aromatic carbocycles. The average Bonchev–Trinajstić information content (AvgIpc) is 2.86. The zero-order valence-electron chi connectivity index (χ0n) is 24.2. The SMILES string of the molecule is CCCCCCCCCCCCCC(CCCCCCCC(C)C)OC(=O)C1CCC(C(=O)O)CC1. The van der Waals surface area contributed by atoms with E-state index in [2.05, 4.69) is 20.8 Å². The third-order valence-electron chi connectivity index (χ3n) is 8.13. The molecule has 36 heavy (non-hydrogen) atoms. The summed E-state index contributed by atoms with van der Waals surface area (Å²) in [7, 11) is 0. The molecule has 0 radical (unpaired) electrons. The lowest BCUT2D eigenvalue weighted by Gasteiger charge is -2.27. The van der Waals surface area contributed by atoms with Crippen LogP contribution in [0.3, 0.4) is 0 Å². The molecule has 0 aliphatic heterocycles. The topological polar surface area (TPSA) is 63.6 Å². The monoisotopic (exact) mass is 508 g/mol. The Hall–Kier alpha value is -1.06. The number of carboxylic acids is 1. The molecule has 4 heteroatoms. The van der Waals surface area contributed by atoms with Crippen molar-refractivity contribution in [1.29, 1.82) is 0 Å². The van der Waals surface area contributed by atoms with Crippen LogP contribution in [0.2, 0.25) is 0 Å². The quantitative estimate of drug-likeness (QED) is 0.110. The lowest BCUT2D eigenvalue weighted by molar-refractivity contribution is -0.158. The molecule has 0 aromatic rings. The number of carboxylic acid groups (broad SMARTS) is 1. The number of hydrogen-bond acceptors (Lipinski definition) is 3. The van der Waals surface area contributed by atoms with Crippen LogP contribution in [0, 0.1) is 17.8 Å². The minimum absolute atomic E-state index is 0.0453. The number of aliphatic carboxylic acids is 1. The van der Waals surface area contributed by atoms with Gasteiger partial charge >= 0.3 is 11.9 Å².